The highest BCUT2D eigenvalue weighted by atomic mass is 16.4. The third kappa shape index (κ3) is 3.53. The van der Waals surface area contributed by atoms with Crippen LogP contribution in [0.25, 0.3) is 0 Å². The molecule has 0 heterocycles. The number of aliphatic hydroxyl groups excluding tert-OH is 3. The van der Waals surface area contributed by atoms with Crippen LogP contribution in [0.2, 0.25) is 0 Å². The summed E-state index contributed by atoms with van der Waals surface area (Å²) in [5.41, 5.74) is 2.52. The zero-order valence-electron chi connectivity index (χ0n) is 13.5. The number of hydrogen-bond acceptors (Lipinski definition) is 4. The maximum atomic E-state index is 11.0. The molecule has 0 spiro atoms. The summed E-state index contributed by atoms with van der Waals surface area (Å²) in [4.78, 5) is 11.0. The molecule has 5 atom stereocenters. The van der Waals surface area contributed by atoms with Crippen LogP contribution in [0.1, 0.15) is 24.0 Å². The third-order valence-corrected chi connectivity index (χ3v) is 5.42. The summed E-state index contributed by atoms with van der Waals surface area (Å²) < 4.78 is 0. The number of rotatable bonds is 5. The Hall–Kier alpha value is -1.69. The van der Waals surface area contributed by atoms with Gasteiger partial charge in [0.15, 0.2) is 0 Å². The molecule has 2 aliphatic rings. The van der Waals surface area contributed by atoms with Gasteiger partial charge in [0, 0.05) is 18.3 Å². The monoisotopic (exact) mass is 332 g/mol. The second-order valence-corrected chi connectivity index (χ2v) is 7.02. The fraction of sp³-hybridized carbons (Fsp3) is 0.526. The summed E-state index contributed by atoms with van der Waals surface area (Å²) in [6.45, 7) is 0. The van der Waals surface area contributed by atoms with Crippen molar-refractivity contribution in [1.29, 1.82) is 0 Å². The van der Waals surface area contributed by atoms with E-state index in [4.69, 9.17) is 5.11 Å². The Morgan fingerprint density at radius 1 is 1.17 bits per heavy atom. The minimum atomic E-state index is -0.988. The minimum Gasteiger partial charge on any atom is -0.481 e. The Balaban J connectivity index is 1.65. The highest BCUT2D eigenvalue weighted by molar-refractivity contribution is 5.67. The Morgan fingerprint density at radius 3 is 2.38 bits per heavy atom. The molecular formula is C19H24O5. The first kappa shape index (κ1) is 17.1. The lowest BCUT2D eigenvalue weighted by molar-refractivity contribution is -0.139. The second-order valence-electron chi connectivity index (χ2n) is 7.02. The topological polar surface area (TPSA) is 98.0 Å². The molecule has 1 saturated carbocycles. The molecule has 1 aromatic rings. The molecule has 3 rings (SSSR count). The van der Waals surface area contributed by atoms with Gasteiger partial charge < -0.3 is 20.4 Å². The molecule has 5 nitrogen and oxygen atoms in total. The SMILES string of the molecule is O=C(O)CC1C(O)CC(O)C1C=CC(O)C1Cc2ccccc2C1. The lowest BCUT2D eigenvalue weighted by Gasteiger charge is -2.20. The van der Waals surface area contributed by atoms with E-state index in [0.717, 1.165) is 12.8 Å². The van der Waals surface area contributed by atoms with Gasteiger partial charge in [0.05, 0.1) is 24.7 Å². The van der Waals surface area contributed by atoms with Crippen molar-refractivity contribution in [3.63, 3.8) is 0 Å². The maximum Gasteiger partial charge on any atom is 0.303 e. The molecule has 24 heavy (non-hydrogen) atoms. The molecule has 0 aliphatic heterocycles. The van der Waals surface area contributed by atoms with Crippen LogP contribution >= 0.6 is 0 Å². The van der Waals surface area contributed by atoms with Gasteiger partial charge >= 0.3 is 5.97 Å². The van der Waals surface area contributed by atoms with Crippen molar-refractivity contribution < 1.29 is 25.2 Å². The van der Waals surface area contributed by atoms with E-state index >= 15 is 0 Å². The van der Waals surface area contributed by atoms with Gasteiger partial charge in [-0.2, -0.15) is 0 Å². The predicted octanol–water partition coefficient (Wildman–Crippen LogP) is 1.15. The Bertz CT molecular complexity index is 601. The number of carboxylic acid groups (broad SMARTS) is 1. The largest absolute Gasteiger partial charge is 0.481 e. The number of aliphatic carboxylic acids is 1. The van der Waals surface area contributed by atoms with Crippen molar-refractivity contribution in [1.82, 2.24) is 0 Å². The standard InChI is InChI=1S/C19H24O5/c20-16(13-7-11-3-1-2-4-12(11)8-13)6-5-14-15(9-19(23)24)18(22)10-17(14)21/h1-6,13-18,20-22H,7-10H2,(H,23,24). The quantitative estimate of drug-likeness (QED) is 0.607. The molecular weight excluding hydrogens is 308 g/mol. The van der Waals surface area contributed by atoms with Gasteiger partial charge in [0.1, 0.15) is 0 Å². The van der Waals surface area contributed by atoms with Crippen LogP contribution in [0.15, 0.2) is 36.4 Å². The average Bonchev–Trinajstić information content (AvgIpc) is 3.07. The third-order valence-electron chi connectivity index (χ3n) is 5.42. The molecule has 0 aromatic heterocycles. The highest BCUT2D eigenvalue weighted by Crippen LogP contribution is 2.36. The predicted molar refractivity (Wildman–Crippen MR) is 88.4 cm³/mol. The number of fused-ring (bicyclic) bond motifs is 1. The van der Waals surface area contributed by atoms with Crippen LogP contribution in [-0.2, 0) is 17.6 Å². The Kier molecular flexibility index (Phi) is 5.04. The van der Waals surface area contributed by atoms with Crippen molar-refractivity contribution in [3.8, 4) is 0 Å². The number of hydrogen-bond donors (Lipinski definition) is 4. The Morgan fingerprint density at radius 2 is 1.79 bits per heavy atom. The van der Waals surface area contributed by atoms with Gasteiger partial charge in [0.25, 0.3) is 0 Å². The van der Waals surface area contributed by atoms with Crippen LogP contribution in [0, 0.1) is 17.8 Å². The van der Waals surface area contributed by atoms with Crippen molar-refractivity contribution >= 4 is 5.97 Å². The molecule has 5 unspecified atom stereocenters. The van der Waals surface area contributed by atoms with E-state index in [2.05, 4.69) is 12.1 Å². The Labute approximate surface area is 141 Å². The van der Waals surface area contributed by atoms with Gasteiger partial charge in [-0.3, -0.25) is 4.79 Å². The molecule has 4 N–H and O–H groups in total. The summed E-state index contributed by atoms with van der Waals surface area (Å²) in [5, 5.41) is 39.5. The zero-order chi connectivity index (χ0) is 17.3. The van der Waals surface area contributed by atoms with E-state index in [1.54, 1.807) is 12.2 Å². The molecule has 130 valence electrons. The summed E-state index contributed by atoms with van der Waals surface area (Å²) in [6, 6.07) is 8.14. The molecule has 2 aliphatic carbocycles. The van der Waals surface area contributed by atoms with Gasteiger partial charge in [-0.15, -0.1) is 0 Å². The number of benzene rings is 1. The molecule has 1 fully saturated rings. The first-order valence-electron chi connectivity index (χ1n) is 8.46. The maximum absolute atomic E-state index is 11.0. The van der Waals surface area contributed by atoms with E-state index in [1.165, 1.54) is 11.1 Å². The summed E-state index contributed by atoms with van der Waals surface area (Å²) in [6.07, 6.45) is 2.75. The number of carbonyl (C=O) groups is 1. The van der Waals surface area contributed by atoms with E-state index in [9.17, 15) is 20.1 Å². The summed E-state index contributed by atoms with van der Waals surface area (Å²) in [5.74, 6) is -1.84. The fourth-order valence-electron chi connectivity index (χ4n) is 4.10. The number of aliphatic hydroxyl groups is 3. The molecule has 0 radical (unpaired) electrons. The van der Waals surface area contributed by atoms with Crippen LogP contribution < -0.4 is 0 Å². The lowest BCUT2D eigenvalue weighted by Crippen LogP contribution is -2.24. The van der Waals surface area contributed by atoms with Crippen molar-refractivity contribution in [3.05, 3.63) is 47.5 Å². The zero-order valence-corrected chi connectivity index (χ0v) is 13.5. The average molecular weight is 332 g/mol. The van der Waals surface area contributed by atoms with Gasteiger partial charge in [-0.25, -0.2) is 0 Å². The first-order valence-corrected chi connectivity index (χ1v) is 8.46. The fourth-order valence-corrected chi connectivity index (χ4v) is 4.10. The summed E-state index contributed by atoms with van der Waals surface area (Å²) >= 11 is 0. The normalized spacial score (nSPS) is 31.5. The van der Waals surface area contributed by atoms with E-state index < -0.39 is 36.1 Å². The highest BCUT2D eigenvalue weighted by Gasteiger charge is 2.41. The van der Waals surface area contributed by atoms with Crippen molar-refractivity contribution in [2.75, 3.05) is 0 Å². The van der Waals surface area contributed by atoms with E-state index in [0.29, 0.717) is 0 Å². The van der Waals surface area contributed by atoms with Crippen molar-refractivity contribution in [2.24, 2.45) is 17.8 Å². The van der Waals surface area contributed by atoms with E-state index in [-0.39, 0.29) is 18.8 Å². The minimum absolute atomic E-state index is 0.0973. The van der Waals surface area contributed by atoms with Crippen LogP contribution in [0.5, 0.6) is 0 Å². The summed E-state index contributed by atoms with van der Waals surface area (Å²) in [7, 11) is 0. The lowest BCUT2D eigenvalue weighted by atomic mass is 9.89. The van der Waals surface area contributed by atoms with E-state index in [1.807, 2.05) is 12.1 Å². The van der Waals surface area contributed by atoms with Crippen molar-refractivity contribution in [2.45, 2.75) is 44.0 Å². The smallest absolute Gasteiger partial charge is 0.303 e. The molecule has 0 amide bonds. The van der Waals surface area contributed by atoms with Crippen LogP contribution in [0.4, 0.5) is 0 Å². The first-order chi connectivity index (χ1) is 11.5. The number of carboxylic acids is 1. The van der Waals surface area contributed by atoms with Gasteiger partial charge in [-0.05, 0) is 29.9 Å². The van der Waals surface area contributed by atoms with Crippen LogP contribution in [0.3, 0.4) is 0 Å². The van der Waals surface area contributed by atoms with Gasteiger partial charge in [-0.1, -0.05) is 36.4 Å². The van der Waals surface area contributed by atoms with Gasteiger partial charge in [0.2, 0.25) is 0 Å². The molecule has 0 bridgehead atoms. The molecule has 1 aromatic carbocycles. The van der Waals surface area contributed by atoms with Crippen LogP contribution in [-0.4, -0.2) is 44.7 Å². The second kappa shape index (κ2) is 7.05. The molecule has 5 heteroatoms. The molecule has 0 saturated heterocycles.